The molecule has 1 N–H and O–H groups in total. The Morgan fingerprint density at radius 2 is 2.10 bits per heavy atom. The normalized spacial score (nSPS) is 24.5. The van der Waals surface area contributed by atoms with Crippen LogP contribution in [-0.2, 0) is 4.79 Å². The Labute approximate surface area is 174 Å². The Bertz CT molecular complexity index is 835. The molecule has 0 bridgehead atoms. The maximum Gasteiger partial charge on any atom is 0.245 e. The number of nitrogens with one attached hydrogen (secondary N) is 1. The Kier molecular flexibility index (Phi) is 6.57. The Morgan fingerprint density at radius 1 is 1.38 bits per heavy atom. The van der Waals surface area contributed by atoms with Gasteiger partial charge in [0.25, 0.3) is 0 Å². The zero-order valence-corrected chi connectivity index (χ0v) is 17.8. The molecule has 1 fully saturated rings. The average molecular weight is 393 g/mol. The van der Waals surface area contributed by atoms with Crippen molar-refractivity contribution in [3.8, 4) is 0 Å². The molecule has 0 aliphatic carbocycles. The molecule has 1 atom stereocenters. The van der Waals surface area contributed by atoms with Crippen molar-refractivity contribution in [3.05, 3.63) is 72.3 Å². The van der Waals surface area contributed by atoms with Gasteiger partial charge in [0.1, 0.15) is 5.84 Å². The molecule has 1 unspecified atom stereocenters. The molecule has 29 heavy (non-hydrogen) atoms. The van der Waals surface area contributed by atoms with E-state index in [0.29, 0.717) is 12.0 Å². The predicted molar refractivity (Wildman–Crippen MR) is 120 cm³/mol. The van der Waals surface area contributed by atoms with Gasteiger partial charge in [-0.2, -0.15) is 0 Å². The van der Waals surface area contributed by atoms with Gasteiger partial charge < -0.3 is 15.1 Å². The summed E-state index contributed by atoms with van der Waals surface area (Å²) in [4.78, 5) is 20.4. The third-order valence-electron chi connectivity index (χ3n) is 5.95. The van der Waals surface area contributed by atoms with E-state index in [9.17, 15) is 4.79 Å². The van der Waals surface area contributed by atoms with E-state index in [1.54, 1.807) is 0 Å². The maximum absolute atomic E-state index is 11.7. The fourth-order valence-electron chi connectivity index (χ4n) is 3.93. The van der Waals surface area contributed by atoms with E-state index in [-0.39, 0.29) is 5.91 Å². The predicted octanol–water partition coefficient (Wildman–Crippen LogP) is 3.92. The molecule has 5 heteroatoms. The Morgan fingerprint density at radius 3 is 2.76 bits per heavy atom. The summed E-state index contributed by atoms with van der Waals surface area (Å²) in [5, 5.41) is 3.27. The van der Waals surface area contributed by atoms with Crippen LogP contribution in [0.1, 0.15) is 33.1 Å². The second-order valence-corrected chi connectivity index (χ2v) is 8.15. The lowest BCUT2D eigenvalue weighted by atomic mass is 9.90. The molecule has 3 rings (SSSR count). The van der Waals surface area contributed by atoms with Crippen molar-refractivity contribution in [1.29, 1.82) is 0 Å². The molecule has 1 saturated heterocycles. The van der Waals surface area contributed by atoms with Crippen LogP contribution in [0.2, 0.25) is 0 Å². The number of aliphatic imine (C=N–C) groups is 1. The van der Waals surface area contributed by atoms with E-state index in [4.69, 9.17) is 0 Å². The van der Waals surface area contributed by atoms with Crippen molar-refractivity contribution in [2.75, 3.05) is 20.1 Å². The minimum atomic E-state index is 0.0419. The van der Waals surface area contributed by atoms with Crippen molar-refractivity contribution in [3.63, 3.8) is 0 Å². The first-order valence-electron chi connectivity index (χ1n) is 10.3. The quantitative estimate of drug-likeness (QED) is 0.722. The van der Waals surface area contributed by atoms with Crippen LogP contribution in [0, 0.1) is 5.92 Å². The molecule has 0 saturated carbocycles. The summed E-state index contributed by atoms with van der Waals surface area (Å²) in [6.07, 6.45) is 14.9. The topological polar surface area (TPSA) is 47.9 Å². The minimum absolute atomic E-state index is 0.0419. The van der Waals surface area contributed by atoms with E-state index >= 15 is 0 Å². The van der Waals surface area contributed by atoms with Crippen LogP contribution in [0.5, 0.6) is 0 Å². The fraction of sp³-hybridized carbons (Fsp3) is 0.417. The van der Waals surface area contributed by atoms with Gasteiger partial charge in [0.2, 0.25) is 5.91 Å². The van der Waals surface area contributed by atoms with Crippen LogP contribution in [0.25, 0.3) is 0 Å². The molecule has 3 aliphatic heterocycles. The Hall–Kier alpha value is -2.82. The zero-order valence-electron chi connectivity index (χ0n) is 17.8. The summed E-state index contributed by atoms with van der Waals surface area (Å²) < 4.78 is 0. The molecular weight excluding hydrogens is 360 g/mol. The minimum Gasteiger partial charge on any atom is -0.374 e. The zero-order chi connectivity index (χ0) is 21.0. The lowest BCUT2D eigenvalue weighted by Crippen LogP contribution is -2.37. The first kappa shape index (κ1) is 20.9. The molecule has 154 valence electrons. The lowest BCUT2D eigenvalue weighted by Gasteiger charge is -2.31. The number of nitrogens with zero attached hydrogens (tertiary/aromatic N) is 3. The van der Waals surface area contributed by atoms with Crippen LogP contribution in [0.4, 0.5) is 0 Å². The number of carbonyl (C=O) groups is 1. The number of likely N-dealkylation sites (tertiary alicyclic amines) is 1. The molecule has 5 nitrogen and oxygen atoms in total. The van der Waals surface area contributed by atoms with Crippen LogP contribution >= 0.6 is 0 Å². The van der Waals surface area contributed by atoms with Crippen LogP contribution in [0.3, 0.4) is 0 Å². The average Bonchev–Trinajstić information content (AvgIpc) is 3.09. The number of amides is 1. The van der Waals surface area contributed by atoms with Crippen molar-refractivity contribution in [2.24, 2.45) is 10.9 Å². The van der Waals surface area contributed by atoms with Crippen LogP contribution in [0.15, 0.2) is 77.3 Å². The van der Waals surface area contributed by atoms with Gasteiger partial charge in [0.15, 0.2) is 0 Å². The molecule has 0 spiro atoms. The molecule has 0 aromatic carbocycles. The molecule has 3 aliphatic rings. The van der Waals surface area contributed by atoms with E-state index in [1.807, 2.05) is 17.3 Å². The van der Waals surface area contributed by atoms with Gasteiger partial charge in [-0.1, -0.05) is 24.8 Å². The highest BCUT2D eigenvalue weighted by Crippen LogP contribution is 2.28. The summed E-state index contributed by atoms with van der Waals surface area (Å²) in [6, 6.07) is 0.361. The van der Waals surface area contributed by atoms with Crippen molar-refractivity contribution in [1.82, 2.24) is 15.1 Å². The molecule has 0 aromatic rings. The first-order chi connectivity index (χ1) is 13.9. The lowest BCUT2D eigenvalue weighted by molar-refractivity contribution is -0.127. The summed E-state index contributed by atoms with van der Waals surface area (Å²) in [6.45, 7) is 13.7. The van der Waals surface area contributed by atoms with E-state index < -0.39 is 0 Å². The van der Waals surface area contributed by atoms with E-state index in [1.165, 1.54) is 17.2 Å². The number of allylic oxidation sites excluding steroid dienone is 3. The molecule has 0 aromatic heterocycles. The summed E-state index contributed by atoms with van der Waals surface area (Å²) >= 11 is 0. The molecule has 1 amide bonds. The van der Waals surface area contributed by atoms with Gasteiger partial charge in [0.05, 0.1) is 0 Å². The third kappa shape index (κ3) is 4.97. The van der Waals surface area contributed by atoms with Crippen molar-refractivity contribution < 1.29 is 4.79 Å². The largest absolute Gasteiger partial charge is 0.374 e. The van der Waals surface area contributed by atoms with Gasteiger partial charge in [0, 0.05) is 49.7 Å². The van der Waals surface area contributed by atoms with E-state index in [0.717, 1.165) is 49.3 Å². The summed E-state index contributed by atoms with van der Waals surface area (Å²) in [5.74, 6) is 1.46. The fourth-order valence-corrected chi connectivity index (χ4v) is 3.93. The van der Waals surface area contributed by atoms with Gasteiger partial charge in [-0.15, -0.1) is 0 Å². The SMILES string of the molecule is C=CC(=O)N1CCC(C/C(C)=C/N=C2NC=C(C3=CC(C)N(C)C=C3)C2=C)CC1. The molecule has 3 heterocycles. The highest BCUT2D eigenvalue weighted by Gasteiger charge is 2.22. The number of hydrogen-bond acceptors (Lipinski definition) is 3. The molecular formula is C24H32N4O. The highest BCUT2D eigenvalue weighted by atomic mass is 16.2. The second-order valence-electron chi connectivity index (χ2n) is 8.15. The maximum atomic E-state index is 11.7. The number of carbonyl (C=O) groups excluding carboxylic acids is 1. The van der Waals surface area contributed by atoms with Gasteiger partial charge in [-0.3, -0.25) is 4.79 Å². The Balaban J connectivity index is 1.55. The van der Waals surface area contributed by atoms with Crippen molar-refractivity contribution in [2.45, 2.75) is 39.2 Å². The number of hydrogen-bond donors (Lipinski definition) is 1. The monoisotopic (exact) mass is 392 g/mol. The first-order valence-corrected chi connectivity index (χ1v) is 10.3. The van der Waals surface area contributed by atoms with E-state index in [2.05, 4.69) is 67.6 Å². The number of piperidine rings is 1. The number of likely N-dealkylation sites (N-methyl/N-ethyl adjacent to an activating group) is 1. The van der Waals surface area contributed by atoms with Crippen molar-refractivity contribution >= 4 is 11.7 Å². The van der Waals surface area contributed by atoms with Crippen LogP contribution < -0.4 is 5.32 Å². The highest BCUT2D eigenvalue weighted by molar-refractivity contribution is 6.06. The smallest absolute Gasteiger partial charge is 0.245 e. The standard InChI is InChI=1S/C24H32N4O/c1-6-23(29)28-11-7-20(8-12-28)13-17(2)15-25-24-19(4)22(16-26-24)21-9-10-27(5)18(3)14-21/h6,9-10,14-16,18,20H,1,4,7-8,11-13H2,2-3,5H3,(H,25,26)/b17-15+. The summed E-state index contributed by atoms with van der Waals surface area (Å²) in [7, 11) is 2.08. The molecule has 0 radical (unpaired) electrons. The second kappa shape index (κ2) is 9.12. The van der Waals surface area contributed by atoms with Gasteiger partial charge >= 0.3 is 0 Å². The van der Waals surface area contributed by atoms with Crippen LogP contribution in [-0.4, -0.2) is 47.7 Å². The number of rotatable bonds is 5. The van der Waals surface area contributed by atoms with Gasteiger partial charge in [-0.05, 0) is 63.0 Å². The third-order valence-corrected chi connectivity index (χ3v) is 5.95. The number of amidine groups is 1. The van der Waals surface area contributed by atoms with Gasteiger partial charge in [-0.25, -0.2) is 4.99 Å². The summed E-state index contributed by atoms with van der Waals surface area (Å²) in [5.41, 5.74) is 4.46.